The van der Waals surface area contributed by atoms with Crippen LogP contribution < -0.4 is 5.14 Å². The lowest BCUT2D eigenvalue weighted by atomic mass is 10.1. The Balaban J connectivity index is 2.78. The van der Waals surface area contributed by atoms with Crippen LogP contribution in [0.15, 0.2) is 36.7 Å². The summed E-state index contributed by atoms with van der Waals surface area (Å²) in [5.74, 6) is 0. The molecule has 0 aliphatic heterocycles. The summed E-state index contributed by atoms with van der Waals surface area (Å²) in [6, 6.07) is 6.08. The lowest BCUT2D eigenvalue weighted by molar-refractivity contribution is -0.131. The molecule has 8 heteroatoms. The molecule has 102 valence electrons. The van der Waals surface area contributed by atoms with Crippen LogP contribution in [-0.4, -0.2) is 19.6 Å². The zero-order chi connectivity index (χ0) is 14.3. The van der Waals surface area contributed by atoms with Gasteiger partial charge in [-0.2, -0.15) is 13.2 Å². The van der Waals surface area contributed by atoms with Gasteiger partial charge in [-0.05, 0) is 5.39 Å². The van der Waals surface area contributed by atoms with Gasteiger partial charge in [-0.15, -0.1) is 0 Å². The molecule has 2 N–H and O–H groups in total. The van der Waals surface area contributed by atoms with E-state index in [-0.39, 0.29) is 5.39 Å². The monoisotopic (exact) mass is 290 g/mol. The molecule has 1 aromatic heterocycles. The molecule has 0 aliphatic rings. The van der Waals surface area contributed by atoms with Crippen LogP contribution >= 0.6 is 0 Å². The first-order chi connectivity index (χ1) is 8.71. The molecule has 19 heavy (non-hydrogen) atoms. The number of rotatable bonds is 2. The van der Waals surface area contributed by atoms with E-state index in [1.807, 2.05) is 0 Å². The first kappa shape index (κ1) is 13.8. The van der Waals surface area contributed by atoms with Gasteiger partial charge >= 0.3 is 6.18 Å². The van der Waals surface area contributed by atoms with Crippen LogP contribution in [0.4, 0.5) is 13.2 Å². The molecule has 2 rings (SSSR count). The van der Waals surface area contributed by atoms with Crippen molar-refractivity contribution < 1.29 is 21.6 Å². The normalized spacial score (nSPS) is 14.5. The number of sulfonamides is 1. The number of benzene rings is 1. The number of halogens is 3. The largest absolute Gasteiger partial charge is 0.410 e. The topological polar surface area (TPSA) is 73.1 Å². The molecule has 1 atom stereocenters. The zero-order valence-electron chi connectivity index (χ0n) is 9.42. The van der Waals surface area contributed by atoms with Gasteiger partial charge in [0.25, 0.3) is 0 Å². The number of alkyl halides is 3. The SMILES string of the molecule is NS(=O)(=O)C(c1cncc2ccccc12)C(F)(F)F. The van der Waals surface area contributed by atoms with Crippen molar-refractivity contribution in [3.8, 4) is 0 Å². The summed E-state index contributed by atoms with van der Waals surface area (Å²) in [6.07, 6.45) is -2.76. The smallest absolute Gasteiger partial charge is 0.264 e. The first-order valence-electron chi connectivity index (χ1n) is 5.12. The number of fused-ring (bicyclic) bond motifs is 1. The molecule has 0 amide bonds. The van der Waals surface area contributed by atoms with Gasteiger partial charge in [0, 0.05) is 23.3 Å². The highest BCUT2D eigenvalue weighted by molar-refractivity contribution is 7.89. The zero-order valence-corrected chi connectivity index (χ0v) is 10.2. The van der Waals surface area contributed by atoms with Crippen LogP contribution in [0, 0.1) is 0 Å². The molecule has 0 fully saturated rings. The van der Waals surface area contributed by atoms with Gasteiger partial charge in [-0.3, -0.25) is 4.98 Å². The van der Waals surface area contributed by atoms with Gasteiger partial charge in [-0.25, -0.2) is 13.6 Å². The Hall–Kier alpha value is -1.67. The van der Waals surface area contributed by atoms with Gasteiger partial charge < -0.3 is 0 Å². The van der Waals surface area contributed by atoms with Crippen LogP contribution in [0.3, 0.4) is 0 Å². The predicted octanol–water partition coefficient (Wildman–Crippen LogP) is 2.13. The maximum atomic E-state index is 12.9. The fourth-order valence-electron chi connectivity index (χ4n) is 1.89. The number of nitrogens with zero attached hydrogens (tertiary/aromatic N) is 1. The fourth-order valence-corrected chi connectivity index (χ4v) is 2.80. The second-order valence-electron chi connectivity index (χ2n) is 3.96. The van der Waals surface area contributed by atoms with E-state index in [2.05, 4.69) is 4.98 Å². The average molecular weight is 290 g/mol. The Morgan fingerprint density at radius 3 is 2.37 bits per heavy atom. The molecule has 4 nitrogen and oxygen atoms in total. The highest BCUT2D eigenvalue weighted by Gasteiger charge is 2.49. The highest BCUT2D eigenvalue weighted by Crippen LogP contribution is 2.40. The third-order valence-electron chi connectivity index (χ3n) is 2.61. The van der Waals surface area contributed by atoms with Crippen molar-refractivity contribution in [2.45, 2.75) is 11.4 Å². The van der Waals surface area contributed by atoms with E-state index in [4.69, 9.17) is 5.14 Å². The number of primary sulfonamides is 1. The molecule has 0 aliphatic carbocycles. The quantitative estimate of drug-likeness (QED) is 0.920. The van der Waals surface area contributed by atoms with Gasteiger partial charge in [0.15, 0.2) is 5.25 Å². The standard InChI is InChI=1S/C11H9F3N2O2S/c12-11(13,14)10(19(15,17)18)9-6-16-5-7-3-1-2-4-8(7)9/h1-6,10H,(H2,15,17,18). The van der Waals surface area contributed by atoms with Crippen molar-refractivity contribution in [3.63, 3.8) is 0 Å². The van der Waals surface area contributed by atoms with Crippen molar-refractivity contribution in [2.24, 2.45) is 5.14 Å². The Morgan fingerprint density at radius 2 is 1.79 bits per heavy atom. The van der Waals surface area contributed by atoms with Crippen molar-refractivity contribution in [1.82, 2.24) is 4.98 Å². The minimum atomic E-state index is -5.00. The van der Waals surface area contributed by atoms with E-state index in [9.17, 15) is 21.6 Å². The minimum Gasteiger partial charge on any atom is -0.264 e. The summed E-state index contributed by atoms with van der Waals surface area (Å²) in [5.41, 5.74) is -0.465. The van der Waals surface area contributed by atoms with Gasteiger partial charge in [0.05, 0.1) is 0 Å². The number of nitrogens with two attached hydrogens (primary N) is 1. The lowest BCUT2D eigenvalue weighted by Crippen LogP contribution is -2.33. The molecular weight excluding hydrogens is 281 g/mol. The van der Waals surface area contributed by atoms with Crippen molar-refractivity contribution in [2.75, 3.05) is 0 Å². The number of pyridine rings is 1. The van der Waals surface area contributed by atoms with Crippen LogP contribution in [0.2, 0.25) is 0 Å². The third-order valence-corrected chi connectivity index (χ3v) is 3.79. The van der Waals surface area contributed by atoms with Gasteiger partial charge in [0.2, 0.25) is 10.0 Å². The maximum Gasteiger partial charge on any atom is 0.410 e. The summed E-state index contributed by atoms with van der Waals surface area (Å²) >= 11 is 0. The Labute approximate surface area is 107 Å². The van der Waals surface area contributed by atoms with E-state index >= 15 is 0 Å². The highest BCUT2D eigenvalue weighted by atomic mass is 32.2. The molecule has 0 bridgehead atoms. The van der Waals surface area contributed by atoms with E-state index in [1.54, 1.807) is 12.1 Å². The first-order valence-corrected chi connectivity index (χ1v) is 6.73. The van der Waals surface area contributed by atoms with Crippen LogP contribution in [0.1, 0.15) is 10.8 Å². The van der Waals surface area contributed by atoms with Gasteiger partial charge in [0.1, 0.15) is 0 Å². The summed E-state index contributed by atoms with van der Waals surface area (Å²) in [7, 11) is -4.83. The van der Waals surface area contributed by atoms with E-state index < -0.39 is 27.0 Å². The summed E-state index contributed by atoms with van der Waals surface area (Å²) in [4.78, 5) is 3.64. The van der Waals surface area contributed by atoms with Gasteiger partial charge in [-0.1, -0.05) is 24.3 Å². The second-order valence-corrected chi connectivity index (χ2v) is 5.61. The summed E-state index contributed by atoms with van der Waals surface area (Å²) in [5, 5.41) is 2.51. The second kappa shape index (κ2) is 4.46. The minimum absolute atomic E-state index is 0.161. The van der Waals surface area contributed by atoms with Crippen molar-refractivity contribution in [1.29, 1.82) is 0 Å². The van der Waals surface area contributed by atoms with Crippen molar-refractivity contribution in [3.05, 3.63) is 42.2 Å². The molecule has 1 unspecified atom stereocenters. The lowest BCUT2D eigenvalue weighted by Gasteiger charge is -2.19. The number of hydrogen-bond donors (Lipinski definition) is 1. The molecule has 0 saturated heterocycles. The molecule has 1 heterocycles. The summed E-state index contributed by atoms with van der Waals surface area (Å²) in [6.45, 7) is 0. The average Bonchev–Trinajstić information content (AvgIpc) is 2.25. The fraction of sp³-hybridized carbons (Fsp3) is 0.182. The Bertz CT molecular complexity index is 708. The van der Waals surface area contributed by atoms with Crippen molar-refractivity contribution >= 4 is 20.8 Å². The molecule has 0 spiro atoms. The molecule has 0 radical (unpaired) electrons. The number of hydrogen-bond acceptors (Lipinski definition) is 3. The molecule has 1 aromatic carbocycles. The molecule has 2 aromatic rings. The number of aromatic nitrogens is 1. The van der Waals surface area contributed by atoms with Crippen LogP contribution in [0.5, 0.6) is 0 Å². The third kappa shape index (κ3) is 2.69. The molecular formula is C11H9F3N2O2S. The van der Waals surface area contributed by atoms with Crippen LogP contribution in [-0.2, 0) is 10.0 Å². The maximum absolute atomic E-state index is 12.9. The summed E-state index contributed by atoms with van der Waals surface area (Å²) < 4.78 is 61.3. The van der Waals surface area contributed by atoms with E-state index in [0.717, 1.165) is 6.20 Å². The predicted molar refractivity (Wildman–Crippen MR) is 63.6 cm³/mol. The Kier molecular flexibility index (Phi) is 3.23. The van der Waals surface area contributed by atoms with Crippen LogP contribution in [0.25, 0.3) is 10.8 Å². The van der Waals surface area contributed by atoms with E-state index in [0.29, 0.717) is 5.39 Å². The Morgan fingerprint density at radius 1 is 1.16 bits per heavy atom. The van der Waals surface area contributed by atoms with E-state index in [1.165, 1.54) is 18.3 Å². The molecule has 0 saturated carbocycles.